The first kappa shape index (κ1) is 12.4. The average Bonchev–Trinajstić information content (AvgIpc) is 2.25. The molecule has 0 heterocycles. The molecule has 0 aliphatic rings. The lowest BCUT2D eigenvalue weighted by molar-refractivity contribution is -0.119. The lowest BCUT2D eigenvalue weighted by Crippen LogP contribution is -2.39. The van der Waals surface area contributed by atoms with E-state index in [0.717, 1.165) is 11.4 Å². The van der Waals surface area contributed by atoms with Crippen LogP contribution in [0.15, 0.2) is 24.3 Å². The summed E-state index contributed by atoms with van der Waals surface area (Å²) in [6, 6.07) is 7.05. The highest BCUT2D eigenvalue weighted by molar-refractivity contribution is 5.83. The molecule has 0 radical (unpaired) electrons. The van der Waals surface area contributed by atoms with E-state index in [2.05, 4.69) is 5.32 Å². The second-order valence-corrected chi connectivity index (χ2v) is 4.00. The topological polar surface area (TPSA) is 64.3 Å². The number of benzene rings is 1. The van der Waals surface area contributed by atoms with Gasteiger partial charge in [-0.25, -0.2) is 0 Å². The summed E-state index contributed by atoms with van der Waals surface area (Å²) in [4.78, 5) is 11.2. The summed E-state index contributed by atoms with van der Waals surface area (Å²) in [5.41, 5.74) is 6.15. The van der Waals surface area contributed by atoms with E-state index in [-0.39, 0.29) is 17.9 Å². The standard InChI is InChI=1S/C12H18N2O2/c1-8(2)11(12(13)15)14-9-5-4-6-10(7-9)16-3/h4-8,11,14H,1-3H3,(H2,13,15). The van der Waals surface area contributed by atoms with E-state index in [9.17, 15) is 4.79 Å². The van der Waals surface area contributed by atoms with E-state index in [1.54, 1.807) is 7.11 Å². The second-order valence-electron chi connectivity index (χ2n) is 4.00. The Labute approximate surface area is 95.8 Å². The van der Waals surface area contributed by atoms with Gasteiger partial charge in [0, 0.05) is 11.8 Å². The van der Waals surface area contributed by atoms with Crippen LogP contribution in [0.2, 0.25) is 0 Å². The van der Waals surface area contributed by atoms with E-state index in [1.807, 2.05) is 38.1 Å². The summed E-state index contributed by atoms with van der Waals surface area (Å²) in [5, 5.41) is 3.10. The molecule has 1 unspecified atom stereocenters. The molecule has 0 saturated carbocycles. The van der Waals surface area contributed by atoms with Crippen LogP contribution in [0, 0.1) is 5.92 Å². The Morgan fingerprint density at radius 3 is 2.62 bits per heavy atom. The van der Waals surface area contributed by atoms with Gasteiger partial charge in [0.2, 0.25) is 5.91 Å². The molecule has 4 heteroatoms. The number of carbonyl (C=O) groups excluding carboxylic acids is 1. The Morgan fingerprint density at radius 1 is 1.44 bits per heavy atom. The molecule has 0 spiro atoms. The smallest absolute Gasteiger partial charge is 0.240 e. The first-order valence-corrected chi connectivity index (χ1v) is 5.24. The molecule has 0 aliphatic heterocycles. The number of ether oxygens (including phenoxy) is 1. The molecule has 0 aliphatic carbocycles. The molecular weight excluding hydrogens is 204 g/mol. The maximum Gasteiger partial charge on any atom is 0.240 e. The highest BCUT2D eigenvalue weighted by atomic mass is 16.5. The monoisotopic (exact) mass is 222 g/mol. The molecule has 0 bridgehead atoms. The predicted octanol–water partition coefficient (Wildman–Crippen LogP) is 1.62. The largest absolute Gasteiger partial charge is 0.497 e. The summed E-state index contributed by atoms with van der Waals surface area (Å²) < 4.78 is 5.10. The van der Waals surface area contributed by atoms with Crippen LogP contribution in [0.25, 0.3) is 0 Å². The molecule has 16 heavy (non-hydrogen) atoms. The van der Waals surface area contributed by atoms with Gasteiger partial charge in [0.1, 0.15) is 11.8 Å². The van der Waals surface area contributed by atoms with Crippen LogP contribution >= 0.6 is 0 Å². The van der Waals surface area contributed by atoms with Crippen molar-refractivity contribution in [2.75, 3.05) is 12.4 Å². The van der Waals surface area contributed by atoms with Crippen molar-refractivity contribution in [2.24, 2.45) is 11.7 Å². The van der Waals surface area contributed by atoms with Gasteiger partial charge in [0.25, 0.3) is 0 Å². The number of hydrogen-bond acceptors (Lipinski definition) is 3. The van der Waals surface area contributed by atoms with E-state index >= 15 is 0 Å². The molecule has 4 nitrogen and oxygen atoms in total. The van der Waals surface area contributed by atoms with Gasteiger partial charge < -0.3 is 15.8 Å². The number of rotatable bonds is 5. The molecule has 0 saturated heterocycles. The SMILES string of the molecule is COc1cccc(NC(C(N)=O)C(C)C)c1. The minimum Gasteiger partial charge on any atom is -0.497 e. The van der Waals surface area contributed by atoms with E-state index in [1.165, 1.54) is 0 Å². The lowest BCUT2D eigenvalue weighted by atomic mass is 10.0. The molecular formula is C12H18N2O2. The van der Waals surface area contributed by atoms with Gasteiger partial charge >= 0.3 is 0 Å². The Morgan fingerprint density at radius 2 is 2.12 bits per heavy atom. The van der Waals surface area contributed by atoms with Crippen molar-refractivity contribution in [1.29, 1.82) is 0 Å². The van der Waals surface area contributed by atoms with Gasteiger partial charge in [-0.2, -0.15) is 0 Å². The van der Waals surface area contributed by atoms with Gasteiger partial charge in [-0.3, -0.25) is 4.79 Å². The van der Waals surface area contributed by atoms with Crippen LogP contribution in [0.1, 0.15) is 13.8 Å². The van der Waals surface area contributed by atoms with Crippen LogP contribution in [0.5, 0.6) is 5.75 Å². The fourth-order valence-corrected chi connectivity index (χ4v) is 1.46. The zero-order chi connectivity index (χ0) is 12.1. The number of carbonyl (C=O) groups is 1. The second kappa shape index (κ2) is 5.39. The van der Waals surface area contributed by atoms with Crippen LogP contribution in [0.3, 0.4) is 0 Å². The van der Waals surface area contributed by atoms with Gasteiger partial charge in [0.05, 0.1) is 7.11 Å². The van der Waals surface area contributed by atoms with Crippen molar-refractivity contribution in [2.45, 2.75) is 19.9 Å². The van der Waals surface area contributed by atoms with Crippen LogP contribution in [0.4, 0.5) is 5.69 Å². The number of anilines is 1. The Balaban J connectivity index is 2.81. The molecule has 1 amide bonds. The zero-order valence-corrected chi connectivity index (χ0v) is 9.86. The number of methoxy groups -OCH3 is 1. The molecule has 1 aromatic carbocycles. The number of hydrogen-bond donors (Lipinski definition) is 2. The van der Waals surface area contributed by atoms with Crippen molar-refractivity contribution in [3.8, 4) is 5.75 Å². The Hall–Kier alpha value is -1.71. The highest BCUT2D eigenvalue weighted by Crippen LogP contribution is 2.18. The number of nitrogens with two attached hydrogens (primary N) is 1. The molecule has 0 aromatic heterocycles. The maximum atomic E-state index is 11.2. The first-order chi connectivity index (χ1) is 7.54. The van der Waals surface area contributed by atoms with Gasteiger partial charge in [-0.15, -0.1) is 0 Å². The minimum absolute atomic E-state index is 0.142. The third-order valence-corrected chi connectivity index (χ3v) is 2.37. The van der Waals surface area contributed by atoms with E-state index in [4.69, 9.17) is 10.5 Å². The average molecular weight is 222 g/mol. The highest BCUT2D eigenvalue weighted by Gasteiger charge is 2.18. The first-order valence-electron chi connectivity index (χ1n) is 5.24. The maximum absolute atomic E-state index is 11.2. The van der Waals surface area contributed by atoms with Crippen molar-refractivity contribution in [3.05, 3.63) is 24.3 Å². The third kappa shape index (κ3) is 3.15. The Kier molecular flexibility index (Phi) is 4.17. The number of amides is 1. The lowest BCUT2D eigenvalue weighted by Gasteiger charge is -2.20. The van der Waals surface area contributed by atoms with E-state index in [0.29, 0.717) is 0 Å². The van der Waals surface area contributed by atoms with Crippen molar-refractivity contribution >= 4 is 11.6 Å². The fourth-order valence-electron chi connectivity index (χ4n) is 1.46. The quantitative estimate of drug-likeness (QED) is 0.795. The third-order valence-electron chi connectivity index (χ3n) is 2.37. The normalized spacial score (nSPS) is 12.2. The molecule has 0 fully saturated rings. The molecule has 3 N–H and O–H groups in total. The van der Waals surface area contributed by atoms with Gasteiger partial charge in [-0.05, 0) is 18.1 Å². The minimum atomic E-state index is -0.368. The number of primary amides is 1. The van der Waals surface area contributed by atoms with Crippen LogP contribution < -0.4 is 15.8 Å². The van der Waals surface area contributed by atoms with E-state index < -0.39 is 0 Å². The fraction of sp³-hybridized carbons (Fsp3) is 0.417. The van der Waals surface area contributed by atoms with Crippen molar-refractivity contribution < 1.29 is 9.53 Å². The molecule has 1 rings (SSSR count). The summed E-state index contributed by atoms with van der Waals surface area (Å²) in [6.07, 6.45) is 0. The van der Waals surface area contributed by atoms with Crippen molar-refractivity contribution in [1.82, 2.24) is 0 Å². The molecule has 1 atom stereocenters. The molecule has 88 valence electrons. The van der Waals surface area contributed by atoms with Gasteiger partial charge in [0.15, 0.2) is 0 Å². The summed E-state index contributed by atoms with van der Waals surface area (Å²) in [6.45, 7) is 3.89. The summed E-state index contributed by atoms with van der Waals surface area (Å²) >= 11 is 0. The summed E-state index contributed by atoms with van der Waals surface area (Å²) in [5.74, 6) is 0.540. The van der Waals surface area contributed by atoms with Gasteiger partial charge in [-0.1, -0.05) is 19.9 Å². The van der Waals surface area contributed by atoms with Crippen LogP contribution in [-0.2, 0) is 4.79 Å². The zero-order valence-electron chi connectivity index (χ0n) is 9.86. The summed E-state index contributed by atoms with van der Waals surface area (Å²) in [7, 11) is 1.60. The van der Waals surface area contributed by atoms with Crippen LogP contribution in [-0.4, -0.2) is 19.1 Å². The Bertz CT molecular complexity index is 364. The van der Waals surface area contributed by atoms with Crippen molar-refractivity contribution in [3.63, 3.8) is 0 Å². The molecule has 1 aromatic rings. The number of nitrogens with one attached hydrogen (secondary N) is 1. The predicted molar refractivity (Wildman–Crippen MR) is 64.4 cm³/mol.